The third-order valence-corrected chi connectivity index (χ3v) is 4.48. The first-order valence-electron chi connectivity index (χ1n) is 7.82. The maximum Gasteiger partial charge on any atom is 0.255 e. The van der Waals surface area contributed by atoms with Crippen molar-refractivity contribution >= 4 is 42.3 Å². The number of nitrogens with one attached hydrogen (secondary N) is 1. The Morgan fingerprint density at radius 3 is 2.64 bits per heavy atom. The molecule has 0 spiro atoms. The van der Waals surface area contributed by atoms with E-state index in [0.29, 0.717) is 16.5 Å². The summed E-state index contributed by atoms with van der Waals surface area (Å²) in [5, 5.41) is 3.88. The number of carbonyl (C=O) groups is 1. The molecule has 0 bridgehead atoms. The van der Waals surface area contributed by atoms with E-state index in [9.17, 15) is 4.79 Å². The van der Waals surface area contributed by atoms with Crippen LogP contribution >= 0.6 is 36.4 Å². The molecule has 1 N–H and O–H groups in total. The Labute approximate surface area is 165 Å². The molecule has 1 aromatic carbocycles. The number of hydrogen-bond acceptors (Lipinski definition) is 3. The third-order valence-electron chi connectivity index (χ3n) is 4.23. The predicted octanol–water partition coefficient (Wildman–Crippen LogP) is 3.93. The molecule has 1 saturated heterocycles. The van der Waals surface area contributed by atoms with Crippen LogP contribution in [-0.2, 0) is 0 Å². The summed E-state index contributed by atoms with van der Waals surface area (Å²) < 4.78 is 0. The Morgan fingerprint density at radius 1 is 1.24 bits per heavy atom. The highest BCUT2D eigenvalue weighted by atomic mass is 35.5. The Kier molecular flexibility index (Phi) is 8.66. The second-order valence-corrected chi connectivity index (χ2v) is 6.37. The lowest BCUT2D eigenvalue weighted by Gasteiger charge is -2.17. The molecule has 1 fully saturated rings. The molecule has 3 rings (SSSR count). The molecule has 1 aromatic heterocycles. The summed E-state index contributed by atoms with van der Waals surface area (Å²) in [5.41, 5.74) is 2.58. The van der Waals surface area contributed by atoms with Crippen LogP contribution in [0.5, 0.6) is 0 Å². The van der Waals surface area contributed by atoms with Crippen molar-refractivity contribution in [2.45, 2.75) is 6.42 Å². The van der Waals surface area contributed by atoms with Gasteiger partial charge in [-0.05, 0) is 49.7 Å². The van der Waals surface area contributed by atoms with Crippen LogP contribution in [0, 0.1) is 5.92 Å². The lowest BCUT2D eigenvalue weighted by atomic mass is 10.1. The maximum absolute atomic E-state index is 12.7. The van der Waals surface area contributed by atoms with Crippen LogP contribution in [0.3, 0.4) is 0 Å². The molecule has 1 aliphatic heterocycles. The van der Waals surface area contributed by atoms with E-state index in [0.717, 1.165) is 37.2 Å². The van der Waals surface area contributed by atoms with Crippen molar-refractivity contribution in [1.82, 2.24) is 15.2 Å². The summed E-state index contributed by atoms with van der Waals surface area (Å²) in [6.07, 6.45) is 4.47. The van der Waals surface area contributed by atoms with E-state index in [4.69, 9.17) is 11.6 Å². The Hall–Kier alpha value is -1.33. The van der Waals surface area contributed by atoms with Gasteiger partial charge in [0.05, 0.1) is 5.56 Å². The number of halogens is 3. The number of benzene rings is 1. The van der Waals surface area contributed by atoms with Crippen LogP contribution in [0.2, 0.25) is 5.02 Å². The van der Waals surface area contributed by atoms with Crippen molar-refractivity contribution in [3.63, 3.8) is 0 Å². The molecule has 0 aliphatic carbocycles. The summed E-state index contributed by atoms with van der Waals surface area (Å²) in [6.45, 7) is 2.58. The van der Waals surface area contributed by atoms with E-state index in [1.165, 1.54) is 0 Å². The second-order valence-electron chi connectivity index (χ2n) is 5.93. The first kappa shape index (κ1) is 21.7. The number of amides is 1. The van der Waals surface area contributed by atoms with Crippen LogP contribution in [0.1, 0.15) is 16.8 Å². The fourth-order valence-electron chi connectivity index (χ4n) is 3.01. The van der Waals surface area contributed by atoms with Gasteiger partial charge in [-0.15, -0.1) is 24.8 Å². The molecule has 0 radical (unpaired) electrons. The Balaban J connectivity index is 0.00000156. The summed E-state index contributed by atoms with van der Waals surface area (Å²) in [5.74, 6) is 0.600. The zero-order valence-electron chi connectivity index (χ0n) is 13.9. The monoisotopic (exact) mass is 401 g/mol. The van der Waals surface area contributed by atoms with E-state index in [1.54, 1.807) is 12.4 Å². The van der Waals surface area contributed by atoms with E-state index in [-0.39, 0.29) is 30.7 Å². The molecule has 7 heteroatoms. The molecule has 1 atom stereocenters. The summed E-state index contributed by atoms with van der Waals surface area (Å²) in [4.78, 5) is 18.8. The predicted molar refractivity (Wildman–Crippen MR) is 107 cm³/mol. The van der Waals surface area contributed by atoms with E-state index >= 15 is 0 Å². The van der Waals surface area contributed by atoms with Crippen LogP contribution in [-0.4, -0.2) is 42.5 Å². The first-order chi connectivity index (χ1) is 11.2. The number of carbonyl (C=O) groups excluding carboxylic acids is 1. The lowest BCUT2D eigenvalue weighted by Crippen LogP contribution is -2.30. The average molecular weight is 403 g/mol. The molecule has 4 nitrogen and oxygen atoms in total. The highest BCUT2D eigenvalue weighted by Crippen LogP contribution is 2.23. The quantitative estimate of drug-likeness (QED) is 0.843. The molecule has 25 heavy (non-hydrogen) atoms. The van der Waals surface area contributed by atoms with Crippen molar-refractivity contribution in [3.8, 4) is 11.1 Å². The molecule has 1 unspecified atom stereocenters. The van der Waals surface area contributed by atoms with Gasteiger partial charge in [0.2, 0.25) is 0 Å². The molecule has 2 heterocycles. The minimum Gasteiger partial charge on any atom is -0.338 e. The van der Waals surface area contributed by atoms with Crippen LogP contribution < -0.4 is 5.32 Å². The second kappa shape index (κ2) is 9.97. The van der Waals surface area contributed by atoms with E-state index in [2.05, 4.69) is 10.3 Å². The van der Waals surface area contributed by atoms with Crippen LogP contribution in [0.25, 0.3) is 11.1 Å². The fraction of sp³-hybridized carbons (Fsp3) is 0.333. The van der Waals surface area contributed by atoms with Crippen LogP contribution in [0.15, 0.2) is 42.7 Å². The van der Waals surface area contributed by atoms with Crippen molar-refractivity contribution in [3.05, 3.63) is 53.3 Å². The third kappa shape index (κ3) is 5.32. The number of aromatic nitrogens is 1. The zero-order valence-corrected chi connectivity index (χ0v) is 16.3. The van der Waals surface area contributed by atoms with Gasteiger partial charge in [-0.1, -0.05) is 23.7 Å². The molecule has 1 aliphatic rings. The standard InChI is InChI=1S/C18H20ClN3O.2ClH/c1-20-9-13-6-7-22(12-13)18(23)16-8-15(10-21-11-16)14-2-4-17(19)5-3-14;;/h2-5,8,10-11,13,20H,6-7,9,12H2,1H3;2*1H. The van der Waals surface area contributed by atoms with E-state index in [1.807, 2.05) is 42.3 Å². The van der Waals surface area contributed by atoms with E-state index < -0.39 is 0 Å². The van der Waals surface area contributed by atoms with Gasteiger partial charge < -0.3 is 10.2 Å². The van der Waals surface area contributed by atoms with Gasteiger partial charge >= 0.3 is 0 Å². The SMILES string of the molecule is CNCC1CCN(C(=O)c2cncc(-c3ccc(Cl)cc3)c2)C1.Cl.Cl. The van der Waals surface area contributed by atoms with Gasteiger partial charge in [0.25, 0.3) is 5.91 Å². The fourth-order valence-corrected chi connectivity index (χ4v) is 3.14. The molecule has 1 amide bonds. The van der Waals surface area contributed by atoms with Gasteiger partial charge in [0.1, 0.15) is 0 Å². The number of hydrogen-bond donors (Lipinski definition) is 1. The van der Waals surface area contributed by atoms with Gasteiger partial charge in [-0.2, -0.15) is 0 Å². The first-order valence-corrected chi connectivity index (χ1v) is 8.20. The van der Waals surface area contributed by atoms with Gasteiger partial charge in [-0.25, -0.2) is 0 Å². The topological polar surface area (TPSA) is 45.2 Å². The van der Waals surface area contributed by atoms with Crippen molar-refractivity contribution in [2.24, 2.45) is 5.92 Å². The smallest absolute Gasteiger partial charge is 0.255 e. The summed E-state index contributed by atoms with van der Waals surface area (Å²) in [6, 6.07) is 9.46. The largest absolute Gasteiger partial charge is 0.338 e. The van der Waals surface area contributed by atoms with Crippen LogP contribution in [0.4, 0.5) is 0 Å². The van der Waals surface area contributed by atoms with Crippen molar-refractivity contribution < 1.29 is 4.79 Å². The molecular weight excluding hydrogens is 381 g/mol. The van der Waals surface area contributed by atoms with Crippen molar-refractivity contribution in [1.29, 1.82) is 0 Å². The Bertz CT molecular complexity index is 694. The highest BCUT2D eigenvalue weighted by Gasteiger charge is 2.26. The average Bonchev–Trinajstić information content (AvgIpc) is 3.04. The van der Waals surface area contributed by atoms with Gasteiger partial charge in [0.15, 0.2) is 0 Å². The number of pyridine rings is 1. The molecule has 2 aromatic rings. The molecule has 136 valence electrons. The van der Waals surface area contributed by atoms with Gasteiger partial charge in [0, 0.05) is 36.1 Å². The van der Waals surface area contributed by atoms with Crippen molar-refractivity contribution in [2.75, 3.05) is 26.7 Å². The highest BCUT2D eigenvalue weighted by molar-refractivity contribution is 6.30. The number of rotatable bonds is 4. The maximum atomic E-state index is 12.7. The summed E-state index contributed by atoms with van der Waals surface area (Å²) in [7, 11) is 1.95. The normalized spacial score (nSPS) is 16.1. The summed E-state index contributed by atoms with van der Waals surface area (Å²) >= 11 is 5.92. The van der Waals surface area contributed by atoms with Gasteiger partial charge in [-0.3, -0.25) is 9.78 Å². The lowest BCUT2D eigenvalue weighted by molar-refractivity contribution is 0.0787. The molecule has 0 saturated carbocycles. The zero-order chi connectivity index (χ0) is 16.2. The number of likely N-dealkylation sites (tertiary alicyclic amines) is 1. The number of nitrogens with zero attached hydrogens (tertiary/aromatic N) is 2. The minimum atomic E-state index is 0. The molecular formula is C18H22Cl3N3O. The Morgan fingerprint density at radius 2 is 1.96 bits per heavy atom. The minimum absolute atomic E-state index is 0.